The van der Waals surface area contributed by atoms with Crippen LogP contribution >= 0.6 is 15.9 Å². The number of aliphatic hydroxyl groups is 3. The number of aliphatic hydroxyl groups excluding tert-OH is 3. The maximum absolute atomic E-state index is 10.3. The third-order valence-electron chi connectivity index (χ3n) is 4.81. The summed E-state index contributed by atoms with van der Waals surface area (Å²) in [5, 5.41) is 31.7. The summed E-state index contributed by atoms with van der Waals surface area (Å²) in [6.45, 7) is 1.47. The number of imidazole rings is 1. The molecule has 2 fully saturated rings. The topological polar surface area (TPSA) is 129 Å². The second kappa shape index (κ2) is 7.33. The lowest BCUT2D eigenvalue weighted by molar-refractivity contribution is -0.0511. The predicted octanol–water partition coefficient (Wildman–Crippen LogP) is 0.0131. The van der Waals surface area contributed by atoms with Gasteiger partial charge >= 0.3 is 0 Å². The van der Waals surface area contributed by atoms with Crippen LogP contribution in [0.15, 0.2) is 11.1 Å². The Balaban J connectivity index is 1.67. The fraction of sp³-hybridized carbons (Fsp3) is 0.667. The van der Waals surface area contributed by atoms with E-state index in [0.717, 1.165) is 25.9 Å². The average molecular weight is 429 g/mol. The van der Waals surface area contributed by atoms with Crippen molar-refractivity contribution in [1.82, 2.24) is 24.5 Å². The van der Waals surface area contributed by atoms with Crippen molar-refractivity contribution in [3.63, 3.8) is 0 Å². The first-order valence-corrected chi connectivity index (χ1v) is 9.42. The van der Waals surface area contributed by atoms with Crippen molar-refractivity contribution >= 4 is 32.9 Å². The molecule has 2 saturated heterocycles. The number of ether oxygens (including phenoxy) is 1. The van der Waals surface area contributed by atoms with Crippen molar-refractivity contribution < 1.29 is 20.1 Å². The summed E-state index contributed by atoms with van der Waals surface area (Å²) >= 11 is 3.31. The van der Waals surface area contributed by atoms with E-state index in [1.165, 1.54) is 12.7 Å². The number of anilines is 1. The Labute approximate surface area is 157 Å². The number of rotatable bonds is 4. The van der Waals surface area contributed by atoms with Crippen molar-refractivity contribution in [2.24, 2.45) is 0 Å². The van der Waals surface area contributed by atoms with Gasteiger partial charge in [0.05, 0.1) is 12.9 Å². The van der Waals surface area contributed by atoms with Gasteiger partial charge in [0.1, 0.15) is 18.3 Å². The monoisotopic (exact) mass is 428 g/mol. The number of aromatic nitrogens is 4. The highest BCUT2D eigenvalue weighted by molar-refractivity contribution is 9.10. The van der Waals surface area contributed by atoms with Crippen LogP contribution in [0.1, 0.15) is 25.5 Å². The SMILES string of the molecule is OC[C@H]1O[C@@H](n2cnc3c(NN4CCCCC4)nc(Br)nc32)C(O)C1O. The van der Waals surface area contributed by atoms with Crippen LogP contribution in [0.25, 0.3) is 11.2 Å². The van der Waals surface area contributed by atoms with E-state index in [0.29, 0.717) is 21.7 Å². The molecule has 2 aliphatic rings. The summed E-state index contributed by atoms with van der Waals surface area (Å²) in [7, 11) is 0. The van der Waals surface area contributed by atoms with Gasteiger partial charge in [-0.3, -0.25) is 4.57 Å². The number of nitrogens with zero attached hydrogens (tertiary/aromatic N) is 5. The lowest BCUT2D eigenvalue weighted by Crippen LogP contribution is -2.35. The molecule has 2 aromatic heterocycles. The Morgan fingerprint density at radius 2 is 1.96 bits per heavy atom. The summed E-state index contributed by atoms with van der Waals surface area (Å²) in [4.78, 5) is 13.1. The summed E-state index contributed by atoms with van der Waals surface area (Å²) in [5.41, 5.74) is 4.29. The maximum Gasteiger partial charge on any atom is 0.200 e. The van der Waals surface area contributed by atoms with E-state index in [1.54, 1.807) is 4.57 Å². The molecule has 0 saturated carbocycles. The summed E-state index contributed by atoms with van der Waals surface area (Å²) in [5.74, 6) is 0.564. The molecule has 4 N–H and O–H groups in total. The third kappa shape index (κ3) is 3.19. The van der Waals surface area contributed by atoms with Crippen LogP contribution in [0.2, 0.25) is 0 Å². The quantitative estimate of drug-likeness (QED) is 0.497. The molecule has 4 heterocycles. The molecule has 26 heavy (non-hydrogen) atoms. The molecule has 2 unspecified atom stereocenters. The minimum absolute atomic E-state index is 0.373. The molecule has 2 aliphatic heterocycles. The van der Waals surface area contributed by atoms with E-state index in [-0.39, 0.29) is 6.61 Å². The van der Waals surface area contributed by atoms with Gasteiger partial charge in [-0.25, -0.2) is 20.0 Å². The first-order chi connectivity index (χ1) is 12.6. The zero-order chi connectivity index (χ0) is 18.3. The second-order valence-corrected chi connectivity index (χ2v) is 7.26. The zero-order valence-electron chi connectivity index (χ0n) is 14.0. The standard InChI is InChI=1S/C15H21BrN6O4/c16-15-18-12(20-21-4-2-1-3-5-21)9-13(19-15)22(7-17-9)14-11(25)10(24)8(6-23)26-14/h7-8,10-11,14,23-25H,1-6H2,(H,18,19,20)/t8-,10?,11?,14-/m1/s1. The van der Waals surface area contributed by atoms with Gasteiger partial charge in [-0.1, -0.05) is 6.42 Å². The summed E-state index contributed by atoms with van der Waals surface area (Å²) in [6, 6.07) is 0. The van der Waals surface area contributed by atoms with Gasteiger partial charge in [0.25, 0.3) is 0 Å². The molecule has 0 bridgehead atoms. The molecule has 0 aliphatic carbocycles. The average Bonchev–Trinajstić information content (AvgIpc) is 3.17. The summed E-state index contributed by atoms with van der Waals surface area (Å²) < 4.78 is 7.51. The fourth-order valence-electron chi connectivity index (χ4n) is 3.42. The van der Waals surface area contributed by atoms with Gasteiger partial charge in [-0.2, -0.15) is 0 Å². The molecular formula is C15H21BrN6O4. The minimum Gasteiger partial charge on any atom is -0.394 e. The molecule has 0 aromatic carbocycles. The number of fused-ring (bicyclic) bond motifs is 1. The van der Waals surface area contributed by atoms with Crippen LogP contribution in [0, 0.1) is 0 Å². The minimum atomic E-state index is -1.20. The molecule has 0 radical (unpaired) electrons. The van der Waals surface area contributed by atoms with Gasteiger partial charge in [-0.05, 0) is 28.8 Å². The first kappa shape index (κ1) is 18.0. The first-order valence-electron chi connectivity index (χ1n) is 8.62. The van der Waals surface area contributed by atoms with Crippen LogP contribution in [0.3, 0.4) is 0 Å². The number of halogens is 1. The fourth-order valence-corrected chi connectivity index (χ4v) is 3.76. The van der Waals surface area contributed by atoms with Crippen LogP contribution in [0.5, 0.6) is 0 Å². The predicted molar refractivity (Wildman–Crippen MR) is 95.1 cm³/mol. The van der Waals surface area contributed by atoms with Crippen molar-refractivity contribution in [2.75, 3.05) is 25.1 Å². The van der Waals surface area contributed by atoms with Crippen LogP contribution < -0.4 is 5.43 Å². The number of hydrogen-bond acceptors (Lipinski definition) is 9. The highest BCUT2D eigenvalue weighted by atomic mass is 79.9. The van der Waals surface area contributed by atoms with Gasteiger partial charge in [0.15, 0.2) is 23.2 Å². The molecule has 0 amide bonds. The molecule has 4 atom stereocenters. The van der Waals surface area contributed by atoms with Gasteiger partial charge in [0.2, 0.25) is 4.73 Å². The van der Waals surface area contributed by atoms with Gasteiger partial charge in [0, 0.05) is 13.1 Å². The van der Waals surface area contributed by atoms with Crippen LogP contribution in [-0.4, -0.2) is 77.9 Å². The molecule has 0 spiro atoms. The van der Waals surface area contributed by atoms with Crippen LogP contribution in [-0.2, 0) is 4.74 Å². The van der Waals surface area contributed by atoms with Gasteiger partial charge < -0.3 is 25.5 Å². The van der Waals surface area contributed by atoms with E-state index in [1.807, 2.05) is 0 Å². The van der Waals surface area contributed by atoms with E-state index in [2.05, 4.69) is 41.3 Å². The van der Waals surface area contributed by atoms with E-state index in [9.17, 15) is 15.3 Å². The molecule has 2 aromatic rings. The molecule has 142 valence electrons. The van der Waals surface area contributed by atoms with E-state index < -0.39 is 24.5 Å². The van der Waals surface area contributed by atoms with E-state index in [4.69, 9.17) is 4.74 Å². The molecule has 11 heteroatoms. The smallest absolute Gasteiger partial charge is 0.200 e. The Kier molecular flexibility index (Phi) is 5.08. The number of hydrogen-bond donors (Lipinski definition) is 4. The molecule has 10 nitrogen and oxygen atoms in total. The Hall–Kier alpha value is -1.37. The second-order valence-electron chi connectivity index (χ2n) is 6.55. The Morgan fingerprint density at radius 1 is 1.19 bits per heavy atom. The Bertz CT molecular complexity index is 783. The van der Waals surface area contributed by atoms with Crippen molar-refractivity contribution in [3.05, 3.63) is 11.1 Å². The lowest BCUT2D eigenvalue weighted by Gasteiger charge is -2.27. The largest absolute Gasteiger partial charge is 0.394 e. The maximum atomic E-state index is 10.3. The highest BCUT2D eigenvalue weighted by Crippen LogP contribution is 2.32. The zero-order valence-corrected chi connectivity index (χ0v) is 15.6. The molecular weight excluding hydrogens is 408 g/mol. The summed E-state index contributed by atoms with van der Waals surface area (Å²) in [6.07, 6.45) is 0.837. The normalized spacial score (nSPS) is 30.2. The van der Waals surface area contributed by atoms with Crippen molar-refractivity contribution in [1.29, 1.82) is 0 Å². The van der Waals surface area contributed by atoms with E-state index >= 15 is 0 Å². The van der Waals surface area contributed by atoms with Crippen LogP contribution in [0.4, 0.5) is 5.82 Å². The number of hydrazine groups is 1. The number of piperidine rings is 1. The van der Waals surface area contributed by atoms with Gasteiger partial charge in [-0.15, -0.1) is 0 Å². The Morgan fingerprint density at radius 3 is 2.65 bits per heavy atom. The van der Waals surface area contributed by atoms with Crippen molar-refractivity contribution in [3.8, 4) is 0 Å². The highest BCUT2D eigenvalue weighted by Gasteiger charge is 2.44. The number of nitrogens with one attached hydrogen (secondary N) is 1. The van der Waals surface area contributed by atoms with Crippen molar-refractivity contribution in [2.45, 2.75) is 43.8 Å². The molecule has 4 rings (SSSR count). The third-order valence-corrected chi connectivity index (χ3v) is 5.16. The lowest BCUT2D eigenvalue weighted by atomic mass is 10.1.